The van der Waals surface area contributed by atoms with Crippen LogP contribution in [0.3, 0.4) is 0 Å². The molecule has 41 heavy (non-hydrogen) atoms. The van der Waals surface area contributed by atoms with Gasteiger partial charge in [0.05, 0.1) is 37.8 Å². The monoisotopic (exact) mass is 577 g/mol. The van der Waals surface area contributed by atoms with Crippen LogP contribution in [0.2, 0.25) is 0 Å². The number of methoxy groups -OCH3 is 1. The SMILES string of the molecule is COc1ccc(CC(=O)C2CN(c3cc(C)c4c(=O)c(C(=O)O)cn(-c5nc(N6CCOCC6)ns5)c4n3)C2)nc1. The third-order valence-corrected chi connectivity index (χ3v) is 8.03. The summed E-state index contributed by atoms with van der Waals surface area (Å²) in [4.78, 5) is 55.7. The third kappa shape index (κ3) is 5.11. The summed E-state index contributed by atoms with van der Waals surface area (Å²) in [5.41, 5.74) is 0.571. The Morgan fingerprint density at radius 2 is 1.95 bits per heavy atom. The molecule has 4 aromatic rings. The first-order valence-electron chi connectivity index (χ1n) is 13.1. The number of aromatic carboxylic acids is 1. The van der Waals surface area contributed by atoms with Gasteiger partial charge in [-0.2, -0.15) is 9.36 Å². The van der Waals surface area contributed by atoms with Crippen molar-refractivity contribution < 1.29 is 24.2 Å². The topological polar surface area (TPSA) is 153 Å². The van der Waals surface area contributed by atoms with Gasteiger partial charge in [0.2, 0.25) is 16.5 Å². The fraction of sp³-hybridized carbons (Fsp3) is 0.370. The van der Waals surface area contributed by atoms with E-state index in [1.807, 2.05) is 9.80 Å². The number of carboxylic acids is 1. The van der Waals surface area contributed by atoms with Gasteiger partial charge in [-0.3, -0.25) is 19.1 Å². The van der Waals surface area contributed by atoms with Crippen LogP contribution in [0, 0.1) is 12.8 Å². The van der Waals surface area contributed by atoms with Crippen LogP contribution in [-0.4, -0.2) is 87.3 Å². The number of carbonyl (C=O) groups is 2. The van der Waals surface area contributed by atoms with Gasteiger partial charge in [-0.05, 0) is 30.7 Å². The van der Waals surface area contributed by atoms with Crippen LogP contribution in [0.5, 0.6) is 5.75 Å². The molecule has 13 nitrogen and oxygen atoms in total. The third-order valence-electron chi connectivity index (χ3n) is 7.33. The normalized spacial score (nSPS) is 15.7. The van der Waals surface area contributed by atoms with E-state index >= 15 is 0 Å². The molecule has 0 aromatic carbocycles. The van der Waals surface area contributed by atoms with Crippen molar-refractivity contribution in [3.05, 3.63) is 57.6 Å². The van der Waals surface area contributed by atoms with Gasteiger partial charge in [-0.15, -0.1) is 0 Å². The summed E-state index contributed by atoms with van der Waals surface area (Å²) in [6.45, 7) is 5.13. The lowest BCUT2D eigenvalue weighted by Gasteiger charge is -2.39. The first-order chi connectivity index (χ1) is 19.8. The van der Waals surface area contributed by atoms with Crippen molar-refractivity contribution in [2.24, 2.45) is 5.92 Å². The number of anilines is 2. The van der Waals surface area contributed by atoms with Gasteiger partial charge < -0.3 is 24.4 Å². The molecular formula is C27H27N7O6S. The average Bonchev–Trinajstić information content (AvgIpc) is 3.43. The highest BCUT2D eigenvalue weighted by Gasteiger charge is 2.34. The number of fused-ring (bicyclic) bond motifs is 1. The zero-order valence-electron chi connectivity index (χ0n) is 22.4. The summed E-state index contributed by atoms with van der Waals surface area (Å²) >= 11 is 1.10. The van der Waals surface area contributed by atoms with Crippen LogP contribution in [0.1, 0.15) is 21.6 Å². The zero-order valence-corrected chi connectivity index (χ0v) is 23.3. The lowest BCUT2D eigenvalue weighted by Crippen LogP contribution is -2.51. The second-order valence-electron chi connectivity index (χ2n) is 9.95. The number of aryl methyl sites for hydroxylation is 1. The van der Waals surface area contributed by atoms with Gasteiger partial charge >= 0.3 is 5.97 Å². The first-order valence-corrected chi connectivity index (χ1v) is 13.8. The molecule has 212 valence electrons. The predicted octanol–water partition coefficient (Wildman–Crippen LogP) is 1.73. The van der Waals surface area contributed by atoms with Gasteiger partial charge in [0, 0.05) is 56.0 Å². The van der Waals surface area contributed by atoms with Gasteiger partial charge in [-0.25, -0.2) is 9.78 Å². The number of ether oxygens (including phenoxy) is 2. The van der Waals surface area contributed by atoms with Crippen molar-refractivity contribution in [3.63, 3.8) is 0 Å². The highest BCUT2D eigenvalue weighted by atomic mass is 32.1. The Hall–Kier alpha value is -4.43. The maximum absolute atomic E-state index is 13.2. The molecule has 0 atom stereocenters. The summed E-state index contributed by atoms with van der Waals surface area (Å²) in [6, 6.07) is 5.32. The molecule has 2 fully saturated rings. The van der Waals surface area contributed by atoms with Gasteiger partial charge in [0.25, 0.3) is 0 Å². The van der Waals surface area contributed by atoms with E-state index in [9.17, 15) is 19.5 Å². The molecule has 2 aliphatic rings. The van der Waals surface area contributed by atoms with E-state index < -0.39 is 11.4 Å². The highest BCUT2D eigenvalue weighted by molar-refractivity contribution is 7.08. The van der Waals surface area contributed by atoms with E-state index in [0.29, 0.717) is 73.3 Å². The number of hydrogen-bond donors (Lipinski definition) is 1. The summed E-state index contributed by atoms with van der Waals surface area (Å²) in [6.07, 6.45) is 3.08. The molecule has 0 radical (unpaired) electrons. The van der Waals surface area contributed by atoms with E-state index in [1.165, 1.54) is 10.8 Å². The van der Waals surface area contributed by atoms with E-state index in [2.05, 4.69) is 14.3 Å². The van der Waals surface area contributed by atoms with Gasteiger partial charge in [0.15, 0.2) is 5.65 Å². The molecule has 0 aliphatic carbocycles. The molecule has 0 amide bonds. The number of carboxylic acid groups (broad SMARTS) is 1. The molecule has 0 spiro atoms. The summed E-state index contributed by atoms with van der Waals surface area (Å²) in [5, 5.41) is 10.4. The van der Waals surface area contributed by atoms with Crippen LogP contribution in [0.15, 0.2) is 35.4 Å². The first kappa shape index (κ1) is 26.8. The molecule has 0 bridgehead atoms. The zero-order chi connectivity index (χ0) is 28.7. The number of aromatic nitrogens is 5. The quantitative estimate of drug-likeness (QED) is 0.324. The van der Waals surface area contributed by atoms with E-state index in [4.69, 9.17) is 14.5 Å². The molecular weight excluding hydrogens is 550 g/mol. The average molecular weight is 578 g/mol. The predicted molar refractivity (Wildman–Crippen MR) is 151 cm³/mol. The minimum absolute atomic E-state index is 0.0870. The largest absolute Gasteiger partial charge is 0.495 e. The molecule has 0 saturated carbocycles. The van der Waals surface area contributed by atoms with Crippen molar-refractivity contribution in [2.45, 2.75) is 13.3 Å². The van der Waals surface area contributed by atoms with Gasteiger partial charge in [-0.1, -0.05) is 0 Å². The number of carbonyl (C=O) groups excluding carboxylic acids is 1. The fourth-order valence-corrected chi connectivity index (χ4v) is 5.63. The van der Waals surface area contributed by atoms with Crippen molar-refractivity contribution in [3.8, 4) is 10.9 Å². The van der Waals surface area contributed by atoms with Crippen molar-refractivity contribution >= 4 is 46.1 Å². The second-order valence-corrected chi connectivity index (χ2v) is 10.7. The Kier molecular flexibility index (Phi) is 7.09. The molecule has 2 aliphatic heterocycles. The minimum atomic E-state index is -1.33. The maximum atomic E-state index is 13.2. The Bertz CT molecular complexity index is 1690. The van der Waals surface area contributed by atoms with Crippen LogP contribution in [0.25, 0.3) is 16.2 Å². The number of Topliss-reactive ketones (excluding diaryl/α,β-unsaturated/α-hetero) is 1. The Morgan fingerprint density at radius 1 is 1.17 bits per heavy atom. The second kappa shape index (κ2) is 10.9. The maximum Gasteiger partial charge on any atom is 0.341 e. The lowest BCUT2D eigenvalue weighted by molar-refractivity contribution is -0.123. The number of pyridine rings is 3. The Balaban J connectivity index is 1.30. The number of rotatable bonds is 8. The minimum Gasteiger partial charge on any atom is -0.495 e. The molecule has 6 heterocycles. The van der Waals surface area contributed by atoms with Crippen molar-refractivity contribution in [1.29, 1.82) is 0 Å². The fourth-order valence-electron chi connectivity index (χ4n) is 4.96. The smallest absolute Gasteiger partial charge is 0.341 e. The van der Waals surface area contributed by atoms with E-state index in [1.54, 1.807) is 38.4 Å². The van der Waals surface area contributed by atoms with Crippen LogP contribution in [-0.2, 0) is 16.0 Å². The van der Waals surface area contributed by atoms with Crippen molar-refractivity contribution in [2.75, 3.05) is 56.3 Å². The molecule has 6 rings (SSSR count). The van der Waals surface area contributed by atoms with E-state index in [0.717, 1.165) is 11.5 Å². The van der Waals surface area contributed by atoms with Crippen molar-refractivity contribution in [1.82, 2.24) is 23.9 Å². The van der Waals surface area contributed by atoms with Crippen LogP contribution >= 0.6 is 11.5 Å². The van der Waals surface area contributed by atoms with Gasteiger partial charge in [0.1, 0.15) is 22.9 Å². The summed E-state index contributed by atoms with van der Waals surface area (Å²) in [5.74, 6) is 0.323. The number of ketones is 1. The number of morpholine rings is 1. The molecule has 0 unspecified atom stereocenters. The number of hydrogen-bond acceptors (Lipinski definition) is 12. The molecule has 1 N–H and O–H groups in total. The molecule has 2 saturated heterocycles. The summed E-state index contributed by atoms with van der Waals surface area (Å²) < 4.78 is 16.5. The standard InChI is InChI=1S/C27H27N7O6S/c1-15-9-21(33-12-16(13-33)20(35)10-17-3-4-18(39-2)11-28-17)29-24-22(15)23(36)19(25(37)38)14-34(24)27-30-26(31-41-27)32-5-7-40-8-6-32/h3-4,9,11,14,16H,5-8,10,12-13H2,1-2H3,(H,37,38). The molecule has 14 heteroatoms. The van der Waals surface area contributed by atoms with E-state index in [-0.39, 0.29) is 34.7 Å². The van der Waals surface area contributed by atoms with Crippen LogP contribution < -0.4 is 20.0 Å². The Labute approximate surface area is 238 Å². The van der Waals surface area contributed by atoms with Crippen LogP contribution in [0.4, 0.5) is 11.8 Å². The highest BCUT2D eigenvalue weighted by Crippen LogP contribution is 2.30. The lowest BCUT2D eigenvalue weighted by atomic mass is 9.92. The summed E-state index contributed by atoms with van der Waals surface area (Å²) in [7, 11) is 1.56. The Morgan fingerprint density at radius 3 is 2.63 bits per heavy atom. The number of nitrogens with zero attached hydrogens (tertiary/aromatic N) is 7. The molecule has 4 aromatic heterocycles.